The number of hydrogen-bond donors (Lipinski definition) is 0. The van der Waals surface area contributed by atoms with Gasteiger partial charge in [0.05, 0.1) is 28.9 Å². The summed E-state index contributed by atoms with van der Waals surface area (Å²) in [6.07, 6.45) is 16.5. The summed E-state index contributed by atoms with van der Waals surface area (Å²) in [5.74, 6) is 6.71. The summed E-state index contributed by atoms with van der Waals surface area (Å²) in [6.45, 7) is 80.8. The molecule has 7 heterocycles. The van der Waals surface area contributed by atoms with Gasteiger partial charge in [-0.05, 0) is 124 Å². The van der Waals surface area contributed by atoms with Gasteiger partial charge in [0.15, 0.2) is 11.5 Å². The smallest absolute Gasteiger partial charge is 0.161 e. The molecule has 0 N–H and O–H groups in total. The van der Waals surface area contributed by atoms with Gasteiger partial charge in [-0.3, -0.25) is 28.7 Å². The third-order valence-electron chi connectivity index (χ3n) is 9.53. The quantitative estimate of drug-likeness (QED) is 0.168. The summed E-state index contributed by atoms with van der Waals surface area (Å²) >= 11 is 0. The largest absolute Gasteiger partial charge is 0.486 e. The van der Waals surface area contributed by atoms with Crippen LogP contribution < -0.4 is 9.47 Å². The van der Waals surface area contributed by atoms with Gasteiger partial charge in [-0.2, -0.15) is 20.4 Å². The molecule has 0 atom stereocenters. The van der Waals surface area contributed by atoms with Crippen molar-refractivity contribution in [1.82, 2.24) is 49.1 Å². The summed E-state index contributed by atoms with van der Waals surface area (Å²) in [5, 5.41) is 19.9. The normalized spacial score (nSPS) is 8.86. The first kappa shape index (κ1) is 132. The molecule has 0 saturated heterocycles. The van der Waals surface area contributed by atoms with Crippen LogP contribution in [0.4, 0.5) is 0 Å². The molecule has 640 valence electrons. The third kappa shape index (κ3) is 97.7. The zero-order chi connectivity index (χ0) is 85.5. The molecule has 12 rings (SSSR count). The van der Waals surface area contributed by atoms with Crippen molar-refractivity contribution in [1.29, 1.82) is 0 Å². The van der Waals surface area contributed by atoms with E-state index in [0.29, 0.717) is 25.3 Å². The maximum Gasteiger partial charge on any atom is 0.161 e. The van der Waals surface area contributed by atoms with E-state index in [1.54, 1.807) is 29.5 Å². The molecular formula is C99H182N10O2. The molecule has 0 fully saturated rings. The molecular weight excluding hydrogens is 1360 g/mol. The molecule has 0 aliphatic carbocycles. The minimum absolute atomic E-state index is 0. The van der Waals surface area contributed by atoms with Gasteiger partial charge in [0, 0.05) is 85.7 Å². The number of aryl methyl sites for hydroxylation is 2. The Kier molecular flexibility index (Phi) is 123. The highest BCUT2D eigenvalue weighted by Gasteiger charge is 2.08. The first-order valence-corrected chi connectivity index (χ1v) is 40.9. The van der Waals surface area contributed by atoms with Crippen molar-refractivity contribution < 1.29 is 9.47 Å². The summed E-state index contributed by atoms with van der Waals surface area (Å²) < 4.78 is 18.2. The van der Waals surface area contributed by atoms with Crippen LogP contribution in [0.25, 0.3) is 32.7 Å². The van der Waals surface area contributed by atoms with E-state index in [0.717, 1.165) is 52.5 Å². The number of aromatic nitrogens is 10. The fraction of sp³-hybridized carbons (Fsp3) is 0.535. The molecule has 0 radical (unpaired) electrons. The first-order valence-electron chi connectivity index (χ1n) is 40.9. The first-order chi connectivity index (χ1) is 51.7. The highest BCUT2D eigenvalue weighted by Crippen LogP contribution is 2.28. The van der Waals surface area contributed by atoms with Crippen LogP contribution in [0.15, 0.2) is 232 Å². The van der Waals surface area contributed by atoms with Gasteiger partial charge >= 0.3 is 0 Å². The second-order valence-corrected chi connectivity index (χ2v) is 25.7. The van der Waals surface area contributed by atoms with Gasteiger partial charge in [0.1, 0.15) is 13.2 Å². The maximum absolute atomic E-state index is 5.30. The monoisotopic (exact) mass is 1540 g/mol. The van der Waals surface area contributed by atoms with Crippen LogP contribution in [0.2, 0.25) is 0 Å². The van der Waals surface area contributed by atoms with E-state index in [2.05, 4.69) is 219 Å². The number of hydrogen-bond acceptors (Lipinski definition) is 8. The van der Waals surface area contributed by atoms with Crippen molar-refractivity contribution in [3.63, 3.8) is 0 Å². The van der Waals surface area contributed by atoms with Crippen molar-refractivity contribution in [2.45, 2.75) is 297 Å². The van der Waals surface area contributed by atoms with E-state index >= 15 is 0 Å². The summed E-state index contributed by atoms with van der Waals surface area (Å²) in [4.78, 5) is 7.97. The lowest BCUT2D eigenvalue weighted by Gasteiger charge is -2.17. The van der Waals surface area contributed by atoms with E-state index in [9.17, 15) is 0 Å². The van der Waals surface area contributed by atoms with Crippen LogP contribution in [-0.4, -0.2) is 62.3 Å². The second kappa shape index (κ2) is 104. The van der Waals surface area contributed by atoms with Crippen LogP contribution in [0.3, 0.4) is 0 Å². The predicted molar refractivity (Wildman–Crippen MR) is 511 cm³/mol. The lowest BCUT2D eigenvalue weighted by atomic mass is 10.2. The molecule has 0 saturated carbocycles. The number of benzene rings is 5. The lowest BCUT2D eigenvalue weighted by Crippen LogP contribution is -2.14. The SMILES string of the molecule is C.C.C.CC.CC.CC.CC.CC.CC.CC.CC.CC(C)C.CC(C)C.CC(C)C.CC(C)C.CC(C)C.CC(C)C.CC(C)n1cccn1.CC(C)n1ncc2ccccc21.Cn1cccn1.Cn1ncc2ccccc21.c1ccc2c(c1)OCCO2.c1ccc2ncccc2c1.c1ccccc1.c1ccncc1. The van der Waals surface area contributed by atoms with Crippen LogP contribution >= 0.6 is 0 Å². The Labute approximate surface area is 690 Å². The van der Waals surface area contributed by atoms with Crippen LogP contribution in [0, 0.1) is 35.5 Å². The highest BCUT2D eigenvalue weighted by atomic mass is 16.6. The van der Waals surface area contributed by atoms with Crippen molar-refractivity contribution in [3.8, 4) is 11.5 Å². The van der Waals surface area contributed by atoms with Crippen LogP contribution in [0.5, 0.6) is 11.5 Å². The molecule has 1 aliphatic rings. The van der Waals surface area contributed by atoms with E-state index < -0.39 is 0 Å². The molecule has 1 aliphatic heterocycles. The molecule has 6 aromatic heterocycles. The number of fused-ring (bicyclic) bond motifs is 4. The van der Waals surface area contributed by atoms with E-state index in [4.69, 9.17) is 9.47 Å². The summed E-state index contributed by atoms with van der Waals surface area (Å²) in [6, 6.07) is 58.7. The molecule has 5 aromatic carbocycles. The van der Waals surface area contributed by atoms with E-state index in [1.807, 2.05) is 309 Å². The molecule has 11 aromatic rings. The van der Waals surface area contributed by atoms with Gasteiger partial charge in [0.2, 0.25) is 0 Å². The third-order valence-corrected chi connectivity index (χ3v) is 9.53. The Hall–Kier alpha value is -8.38. The predicted octanol–water partition coefficient (Wildman–Crippen LogP) is 32.6. The fourth-order valence-electron chi connectivity index (χ4n) is 6.14. The van der Waals surface area contributed by atoms with Gasteiger partial charge < -0.3 is 9.47 Å². The second-order valence-electron chi connectivity index (χ2n) is 25.7. The topological polar surface area (TPSA) is 116 Å². The number of nitrogens with zero attached hydrogens (tertiary/aromatic N) is 10. The van der Waals surface area contributed by atoms with Crippen LogP contribution in [-0.2, 0) is 14.1 Å². The van der Waals surface area contributed by atoms with Crippen LogP contribution in [0.1, 0.15) is 297 Å². The molecule has 0 bridgehead atoms. The number of para-hydroxylation sites is 5. The molecule has 0 spiro atoms. The van der Waals surface area contributed by atoms with Crippen molar-refractivity contribution in [3.05, 3.63) is 232 Å². The summed E-state index contributed by atoms with van der Waals surface area (Å²) in [7, 11) is 3.84. The molecule has 0 unspecified atom stereocenters. The number of rotatable bonds is 2. The van der Waals surface area contributed by atoms with Crippen molar-refractivity contribution in [2.75, 3.05) is 13.2 Å². The molecule has 0 amide bonds. The molecule has 12 nitrogen and oxygen atoms in total. The average Bonchev–Trinajstić information content (AvgIpc) is 1.73. The number of ether oxygens (including phenoxy) is 2. The van der Waals surface area contributed by atoms with Gasteiger partial charge in [-0.25, -0.2) is 0 Å². The van der Waals surface area contributed by atoms with Crippen molar-refractivity contribution >= 4 is 32.7 Å². The molecule has 111 heavy (non-hydrogen) atoms. The Bertz CT molecular complexity index is 3040. The highest BCUT2D eigenvalue weighted by molar-refractivity contribution is 5.79. The van der Waals surface area contributed by atoms with E-state index in [-0.39, 0.29) is 22.3 Å². The van der Waals surface area contributed by atoms with Gasteiger partial charge in [-0.15, -0.1) is 0 Å². The van der Waals surface area contributed by atoms with E-state index in [1.165, 1.54) is 27.2 Å². The maximum atomic E-state index is 5.30. The Morgan fingerprint density at radius 3 is 0.892 bits per heavy atom. The minimum atomic E-state index is 0. The zero-order valence-electron chi connectivity index (χ0n) is 77.3. The lowest BCUT2D eigenvalue weighted by molar-refractivity contribution is 0.171. The Balaban J connectivity index is -0.0000000845. The standard InChI is InChI=1S/C10H12N2.C9H7N.C8H8N2.C8H8O2.C6H10N2.C6H6.C5H5N.C4H6N2.6C4H10.8C2H6.3CH4/c1-8(2)12-10-6-4-3-5-9(10)7-11-12;1-2-6-9-8(4-1)5-3-7-10-9;1-10-8-5-3-2-4-7(8)6-9-10;1-2-4-8-7(3-1)9-5-6-10-8;1-6(2)8-5-3-4-7-8;2*1-2-4-6-5-3-1;1-6-4-2-3-5-6;6*1-4(2)3;8*1-2;;;/h3-8H,1-2H3;1-7H;2-6H,1H3;1-4H,5-6H2;3-6H,1-2H3;1-6H;1-5H;2-4H,1H3;6*4H,1-3H3;8*1-2H3;3*1H4. The fourth-order valence-corrected chi connectivity index (χ4v) is 6.14. The molecule has 12 heteroatoms. The average molecular weight is 1540 g/mol. The zero-order valence-corrected chi connectivity index (χ0v) is 77.3. The van der Waals surface area contributed by atoms with Crippen molar-refractivity contribution in [2.24, 2.45) is 49.6 Å². The summed E-state index contributed by atoms with van der Waals surface area (Å²) in [5.41, 5.74) is 3.46. The van der Waals surface area contributed by atoms with Gasteiger partial charge in [0.25, 0.3) is 0 Å². The number of pyridine rings is 2. The Morgan fingerprint density at radius 1 is 0.288 bits per heavy atom. The Morgan fingerprint density at radius 2 is 0.604 bits per heavy atom. The minimum Gasteiger partial charge on any atom is -0.486 e. The van der Waals surface area contributed by atoms with Gasteiger partial charge in [-0.1, -0.05) is 373 Å².